The molecule has 0 spiro atoms. The van der Waals surface area contributed by atoms with Crippen molar-refractivity contribution >= 4 is 11.6 Å². The number of amides is 1. The first-order valence-electron chi connectivity index (χ1n) is 11.3. The zero-order valence-corrected chi connectivity index (χ0v) is 18.5. The molecule has 3 aromatic rings. The Morgan fingerprint density at radius 3 is 2.88 bits per heavy atom. The highest BCUT2D eigenvalue weighted by Crippen LogP contribution is 2.33. The molecular weight excluding hydrogens is 409 g/mol. The van der Waals surface area contributed by atoms with Crippen LogP contribution in [0.5, 0.6) is 0 Å². The second-order valence-corrected chi connectivity index (χ2v) is 9.13. The van der Waals surface area contributed by atoms with Crippen LogP contribution in [0.25, 0.3) is 5.65 Å². The average Bonchev–Trinajstić information content (AvgIpc) is 3.41. The van der Waals surface area contributed by atoms with E-state index in [2.05, 4.69) is 10.00 Å². The fraction of sp³-hybridized carbons (Fsp3) is 0.458. The minimum absolute atomic E-state index is 0.0757. The summed E-state index contributed by atoms with van der Waals surface area (Å²) in [6, 6.07) is 8.87. The first-order valence-corrected chi connectivity index (χ1v) is 11.3. The number of carbonyl (C=O) groups excluding carboxylic acids is 1. The normalized spacial score (nSPS) is 19.1. The van der Waals surface area contributed by atoms with Gasteiger partial charge in [0, 0.05) is 36.2 Å². The number of benzene rings is 1. The topological polar surface area (TPSA) is 73.7 Å². The summed E-state index contributed by atoms with van der Waals surface area (Å²) >= 11 is 0. The number of hydrogen-bond acceptors (Lipinski definition) is 4. The molecule has 1 N–H and O–H groups in total. The zero-order chi connectivity index (χ0) is 22.4. The van der Waals surface area contributed by atoms with E-state index in [0.717, 1.165) is 25.1 Å². The number of carbonyl (C=O) groups is 1. The van der Waals surface area contributed by atoms with Crippen molar-refractivity contribution in [3.05, 3.63) is 69.0 Å². The number of likely N-dealkylation sites (tertiary alicyclic amines) is 1. The smallest absolute Gasteiger partial charge is 0.276 e. The van der Waals surface area contributed by atoms with Gasteiger partial charge in [0.05, 0.1) is 24.0 Å². The van der Waals surface area contributed by atoms with Crippen LogP contribution >= 0.6 is 0 Å². The predicted molar refractivity (Wildman–Crippen MR) is 119 cm³/mol. The number of hydrogen-bond donors (Lipinski definition) is 1. The van der Waals surface area contributed by atoms with Crippen LogP contribution < -0.4 is 5.56 Å². The van der Waals surface area contributed by atoms with Crippen LogP contribution in [-0.4, -0.2) is 43.4 Å². The van der Waals surface area contributed by atoms with Gasteiger partial charge in [-0.1, -0.05) is 32.0 Å². The molecule has 2 aliphatic heterocycles. The van der Waals surface area contributed by atoms with Gasteiger partial charge >= 0.3 is 0 Å². The Balaban J connectivity index is 1.45. The first-order chi connectivity index (χ1) is 15.4. The maximum atomic E-state index is 14.2. The monoisotopic (exact) mass is 437 g/mol. The Bertz CT molecular complexity index is 1230. The molecule has 0 radical (unpaired) electrons. The maximum absolute atomic E-state index is 14.2. The summed E-state index contributed by atoms with van der Waals surface area (Å²) < 4.78 is 15.7. The largest absolute Gasteiger partial charge is 0.336 e. The number of nitrogens with zero attached hydrogens (tertiary/aromatic N) is 4. The van der Waals surface area contributed by atoms with E-state index in [1.54, 1.807) is 11.0 Å². The van der Waals surface area contributed by atoms with Gasteiger partial charge in [-0.2, -0.15) is 0 Å². The third-order valence-electron chi connectivity index (χ3n) is 6.65. The number of halogens is 1. The van der Waals surface area contributed by atoms with E-state index in [1.165, 1.54) is 10.6 Å². The molecule has 1 saturated heterocycles. The van der Waals surface area contributed by atoms with Gasteiger partial charge in [0.25, 0.3) is 5.56 Å². The third-order valence-corrected chi connectivity index (χ3v) is 6.65. The van der Waals surface area contributed by atoms with E-state index in [0.29, 0.717) is 48.5 Å². The number of aromatic nitrogens is 3. The van der Waals surface area contributed by atoms with Crippen LogP contribution in [0.4, 0.5) is 4.39 Å². The van der Waals surface area contributed by atoms with E-state index in [-0.39, 0.29) is 29.2 Å². The second kappa shape index (κ2) is 8.16. The van der Waals surface area contributed by atoms with Crippen molar-refractivity contribution in [2.75, 3.05) is 13.1 Å². The standard InChI is InChI=1S/C24H28FN5O2/c1-15(2)23(31)29-11-9-17-20(14-29)26-22-12-19(27-30(22)24(17)32)21-8-5-10-28(21)13-16-6-3-4-7-18(16)25/h3-4,6-7,12,15,21,27H,5,8-11,13-14H2,1-2H3/t21-/m1/s1. The van der Waals surface area contributed by atoms with Crippen LogP contribution in [0.1, 0.15) is 55.2 Å². The molecule has 0 saturated carbocycles. The Hall–Kier alpha value is -3.00. The Morgan fingerprint density at radius 1 is 1.28 bits per heavy atom. The van der Waals surface area contributed by atoms with Gasteiger partial charge in [-0.05, 0) is 31.9 Å². The van der Waals surface area contributed by atoms with Crippen molar-refractivity contribution in [2.24, 2.45) is 5.92 Å². The van der Waals surface area contributed by atoms with E-state index < -0.39 is 0 Å². The molecule has 8 heteroatoms. The summed E-state index contributed by atoms with van der Waals surface area (Å²) in [5, 5.41) is 3.26. The lowest BCUT2D eigenvalue weighted by atomic mass is 10.0. The lowest BCUT2D eigenvalue weighted by Crippen LogP contribution is -2.41. The molecule has 168 valence electrons. The Morgan fingerprint density at radius 2 is 2.09 bits per heavy atom. The van der Waals surface area contributed by atoms with Gasteiger partial charge in [0.2, 0.25) is 5.91 Å². The summed E-state index contributed by atoms with van der Waals surface area (Å²) in [5.74, 6) is -0.189. The molecule has 32 heavy (non-hydrogen) atoms. The van der Waals surface area contributed by atoms with Crippen molar-refractivity contribution < 1.29 is 9.18 Å². The molecule has 7 nitrogen and oxygen atoms in total. The minimum atomic E-state index is -0.194. The second-order valence-electron chi connectivity index (χ2n) is 9.13. The molecule has 1 fully saturated rings. The number of rotatable bonds is 4. The van der Waals surface area contributed by atoms with Gasteiger partial charge in [-0.25, -0.2) is 13.9 Å². The van der Waals surface area contributed by atoms with Crippen molar-refractivity contribution in [1.82, 2.24) is 24.4 Å². The summed E-state index contributed by atoms with van der Waals surface area (Å²) in [5.41, 5.74) is 3.44. The minimum Gasteiger partial charge on any atom is -0.336 e. The summed E-state index contributed by atoms with van der Waals surface area (Å²) in [7, 11) is 0. The number of nitrogens with one attached hydrogen (secondary N) is 1. The van der Waals surface area contributed by atoms with Crippen LogP contribution in [0, 0.1) is 11.7 Å². The number of H-pyrrole nitrogens is 1. The van der Waals surface area contributed by atoms with Gasteiger partial charge < -0.3 is 4.90 Å². The molecule has 1 aromatic carbocycles. The molecule has 4 heterocycles. The molecule has 0 aliphatic carbocycles. The highest BCUT2D eigenvalue weighted by atomic mass is 19.1. The molecule has 1 amide bonds. The van der Waals surface area contributed by atoms with E-state index in [9.17, 15) is 14.0 Å². The molecule has 0 bridgehead atoms. The summed E-state index contributed by atoms with van der Waals surface area (Å²) in [4.78, 5) is 34.4. The van der Waals surface area contributed by atoms with E-state index in [1.807, 2.05) is 32.0 Å². The predicted octanol–water partition coefficient (Wildman–Crippen LogP) is 3.04. The fourth-order valence-electron chi connectivity index (χ4n) is 4.95. The maximum Gasteiger partial charge on any atom is 0.276 e. The molecule has 0 unspecified atom stereocenters. The van der Waals surface area contributed by atoms with Gasteiger partial charge in [0.1, 0.15) is 5.82 Å². The number of aromatic amines is 1. The molecule has 2 aliphatic rings. The lowest BCUT2D eigenvalue weighted by molar-refractivity contribution is -0.135. The number of fused-ring (bicyclic) bond motifs is 2. The highest BCUT2D eigenvalue weighted by molar-refractivity contribution is 5.78. The van der Waals surface area contributed by atoms with Crippen molar-refractivity contribution in [3.63, 3.8) is 0 Å². The van der Waals surface area contributed by atoms with Crippen molar-refractivity contribution in [1.29, 1.82) is 0 Å². The Labute approximate surface area is 185 Å². The lowest BCUT2D eigenvalue weighted by Gasteiger charge is -2.29. The van der Waals surface area contributed by atoms with Gasteiger partial charge in [-0.3, -0.25) is 19.6 Å². The fourth-order valence-corrected chi connectivity index (χ4v) is 4.95. The summed E-state index contributed by atoms with van der Waals surface area (Å²) in [6.07, 6.45) is 2.46. The van der Waals surface area contributed by atoms with Crippen LogP contribution in [-0.2, 0) is 24.3 Å². The average molecular weight is 438 g/mol. The van der Waals surface area contributed by atoms with Crippen molar-refractivity contribution in [3.8, 4) is 0 Å². The molecule has 5 rings (SSSR count). The third kappa shape index (κ3) is 3.62. The SMILES string of the molecule is CC(C)C(=O)N1CCc2c(nc3cc([C@H]4CCCN4Cc4ccccc4F)[nH]n3c2=O)C1. The quantitative estimate of drug-likeness (QED) is 0.681. The van der Waals surface area contributed by atoms with Crippen LogP contribution in [0.3, 0.4) is 0 Å². The summed E-state index contributed by atoms with van der Waals surface area (Å²) in [6.45, 7) is 6.09. The van der Waals surface area contributed by atoms with Gasteiger partial charge in [0.15, 0.2) is 5.65 Å². The highest BCUT2D eigenvalue weighted by Gasteiger charge is 2.30. The van der Waals surface area contributed by atoms with Crippen LogP contribution in [0.2, 0.25) is 0 Å². The van der Waals surface area contributed by atoms with Crippen LogP contribution in [0.15, 0.2) is 35.1 Å². The molecule has 2 aromatic heterocycles. The molecular formula is C24H28FN5O2. The zero-order valence-electron chi connectivity index (χ0n) is 18.5. The van der Waals surface area contributed by atoms with Crippen molar-refractivity contribution in [2.45, 2.75) is 52.2 Å². The van der Waals surface area contributed by atoms with Gasteiger partial charge in [-0.15, -0.1) is 0 Å². The molecule has 1 atom stereocenters. The van der Waals surface area contributed by atoms with E-state index in [4.69, 9.17) is 4.98 Å². The Kier molecular flexibility index (Phi) is 5.33. The first kappa shape index (κ1) is 20.9. The van der Waals surface area contributed by atoms with E-state index >= 15 is 0 Å².